The van der Waals surface area contributed by atoms with Crippen LogP contribution in [-0.2, 0) is 0 Å². The Morgan fingerprint density at radius 2 is 1.95 bits per heavy atom. The molecule has 0 saturated carbocycles. The Morgan fingerprint density at radius 3 is 2.50 bits per heavy atom. The average Bonchev–Trinajstić information content (AvgIpc) is 2.37. The molecule has 1 saturated heterocycles. The Balaban J connectivity index is 1.92. The largest absolute Gasteiger partial charge is 0.399 e. The Bertz CT molecular complexity index is 474. The third-order valence-electron chi connectivity index (χ3n) is 3.40. The van der Waals surface area contributed by atoms with Gasteiger partial charge in [-0.25, -0.2) is 0 Å². The summed E-state index contributed by atoms with van der Waals surface area (Å²) in [5.41, 5.74) is 6.26. The molecule has 0 aromatic heterocycles. The van der Waals surface area contributed by atoms with Gasteiger partial charge in [-0.3, -0.25) is 9.69 Å². The zero-order chi connectivity index (χ0) is 14.8. The van der Waals surface area contributed by atoms with Crippen molar-refractivity contribution < 1.29 is 9.90 Å². The fourth-order valence-corrected chi connectivity index (χ4v) is 2.51. The normalized spacial score (nSPS) is 17.2. The third-order valence-corrected chi connectivity index (χ3v) is 3.40. The van der Waals surface area contributed by atoms with Gasteiger partial charge in [-0.2, -0.15) is 0 Å². The molecule has 0 unspecified atom stereocenters. The van der Waals surface area contributed by atoms with Gasteiger partial charge in [0, 0.05) is 44.0 Å². The second-order valence-corrected chi connectivity index (χ2v) is 6.01. The second kappa shape index (κ2) is 5.81. The number of rotatable bonds is 3. The number of benzene rings is 1. The Hall–Kier alpha value is -1.59. The molecule has 1 fully saturated rings. The molecular weight excluding hydrogens is 254 g/mol. The number of carbonyl (C=O) groups is 1. The highest BCUT2D eigenvalue weighted by atomic mass is 16.3. The lowest BCUT2D eigenvalue weighted by Crippen LogP contribution is -2.52. The van der Waals surface area contributed by atoms with Crippen LogP contribution in [0.2, 0.25) is 0 Å². The smallest absolute Gasteiger partial charge is 0.254 e. The summed E-state index contributed by atoms with van der Waals surface area (Å²) in [5.74, 6) is 0.0280. The van der Waals surface area contributed by atoms with E-state index in [1.54, 1.807) is 38.1 Å². The van der Waals surface area contributed by atoms with Crippen molar-refractivity contribution in [1.29, 1.82) is 0 Å². The van der Waals surface area contributed by atoms with Crippen LogP contribution in [0.4, 0.5) is 5.69 Å². The Labute approximate surface area is 120 Å². The topological polar surface area (TPSA) is 69.8 Å². The van der Waals surface area contributed by atoms with Crippen LogP contribution in [0.15, 0.2) is 24.3 Å². The van der Waals surface area contributed by atoms with Crippen molar-refractivity contribution in [2.45, 2.75) is 19.4 Å². The fraction of sp³-hybridized carbons (Fsp3) is 0.533. The third kappa shape index (κ3) is 3.95. The number of anilines is 1. The van der Waals surface area contributed by atoms with E-state index < -0.39 is 5.60 Å². The van der Waals surface area contributed by atoms with Gasteiger partial charge in [0.25, 0.3) is 5.91 Å². The summed E-state index contributed by atoms with van der Waals surface area (Å²) in [6.45, 7) is 7.19. The molecule has 0 spiro atoms. The maximum Gasteiger partial charge on any atom is 0.254 e. The molecule has 1 amide bonds. The van der Waals surface area contributed by atoms with Gasteiger partial charge in [-0.15, -0.1) is 0 Å². The minimum Gasteiger partial charge on any atom is -0.399 e. The zero-order valence-corrected chi connectivity index (χ0v) is 12.2. The summed E-state index contributed by atoms with van der Waals surface area (Å²) >= 11 is 0. The highest BCUT2D eigenvalue weighted by Gasteiger charge is 2.25. The van der Waals surface area contributed by atoms with E-state index in [1.807, 2.05) is 4.90 Å². The first-order chi connectivity index (χ1) is 9.35. The monoisotopic (exact) mass is 277 g/mol. The van der Waals surface area contributed by atoms with E-state index in [0.717, 1.165) is 13.1 Å². The van der Waals surface area contributed by atoms with Crippen LogP contribution in [0.3, 0.4) is 0 Å². The van der Waals surface area contributed by atoms with Gasteiger partial charge in [-0.1, -0.05) is 6.07 Å². The molecule has 20 heavy (non-hydrogen) atoms. The lowest BCUT2D eigenvalue weighted by Gasteiger charge is -2.37. The van der Waals surface area contributed by atoms with Crippen molar-refractivity contribution in [1.82, 2.24) is 9.80 Å². The van der Waals surface area contributed by atoms with Crippen LogP contribution in [0.1, 0.15) is 24.2 Å². The summed E-state index contributed by atoms with van der Waals surface area (Å²) in [6.07, 6.45) is 0. The lowest BCUT2D eigenvalue weighted by atomic mass is 10.1. The van der Waals surface area contributed by atoms with E-state index in [1.165, 1.54) is 0 Å². The van der Waals surface area contributed by atoms with Gasteiger partial charge in [0.2, 0.25) is 0 Å². The first-order valence-electron chi connectivity index (χ1n) is 6.95. The highest BCUT2D eigenvalue weighted by Crippen LogP contribution is 2.13. The maximum absolute atomic E-state index is 12.3. The molecule has 1 aliphatic heterocycles. The van der Waals surface area contributed by atoms with Crippen molar-refractivity contribution in [3.05, 3.63) is 29.8 Å². The quantitative estimate of drug-likeness (QED) is 0.802. The fourth-order valence-electron chi connectivity index (χ4n) is 2.51. The second-order valence-electron chi connectivity index (χ2n) is 6.01. The van der Waals surface area contributed by atoms with E-state index in [9.17, 15) is 9.90 Å². The summed E-state index contributed by atoms with van der Waals surface area (Å²) in [7, 11) is 0. The summed E-state index contributed by atoms with van der Waals surface area (Å²) in [4.78, 5) is 16.4. The number of hydrogen-bond donors (Lipinski definition) is 2. The van der Waals surface area contributed by atoms with Gasteiger partial charge >= 0.3 is 0 Å². The number of nitrogens with two attached hydrogens (primary N) is 1. The van der Waals surface area contributed by atoms with Gasteiger partial charge in [-0.05, 0) is 32.0 Å². The van der Waals surface area contributed by atoms with Crippen molar-refractivity contribution in [3.63, 3.8) is 0 Å². The molecule has 5 heteroatoms. The summed E-state index contributed by atoms with van der Waals surface area (Å²) in [5, 5.41) is 9.82. The molecule has 3 N–H and O–H groups in total. The Morgan fingerprint density at radius 1 is 1.30 bits per heavy atom. The van der Waals surface area contributed by atoms with E-state index in [-0.39, 0.29) is 5.91 Å². The number of carbonyl (C=O) groups excluding carboxylic acids is 1. The molecule has 5 nitrogen and oxygen atoms in total. The minimum atomic E-state index is -0.694. The molecule has 0 atom stereocenters. The standard InChI is InChI=1S/C15H23N3O2/c1-15(2,20)11-17-6-8-18(9-7-17)14(19)12-4-3-5-13(16)10-12/h3-5,10,20H,6-9,11,16H2,1-2H3. The number of β-amino-alcohol motifs (C(OH)–C–C–N with tert-alkyl or cyclic N) is 1. The van der Waals surface area contributed by atoms with E-state index in [0.29, 0.717) is 30.9 Å². The van der Waals surface area contributed by atoms with Crippen LogP contribution in [0, 0.1) is 0 Å². The van der Waals surface area contributed by atoms with Crippen molar-refractivity contribution in [3.8, 4) is 0 Å². The number of aliphatic hydroxyl groups is 1. The first kappa shape index (κ1) is 14.8. The van der Waals surface area contributed by atoms with Gasteiger partial charge in [0.05, 0.1) is 5.60 Å². The number of amides is 1. The number of nitrogen functional groups attached to an aromatic ring is 1. The van der Waals surface area contributed by atoms with Gasteiger partial charge < -0.3 is 15.7 Å². The van der Waals surface area contributed by atoms with Crippen LogP contribution in [0.25, 0.3) is 0 Å². The van der Waals surface area contributed by atoms with Crippen LogP contribution < -0.4 is 5.73 Å². The molecule has 0 radical (unpaired) electrons. The van der Waals surface area contributed by atoms with Crippen LogP contribution in [0.5, 0.6) is 0 Å². The molecule has 1 aromatic carbocycles. The van der Waals surface area contributed by atoms with Crippen molar-refractivity contribution in [2.24, 2.45) is 0 Å². The number of piperazine rings is 1. The predicted octanol–water partition coefficient (Wildman–Crippen LogP) is 0.797. The SMILES string of the molecule is CC(C)(O)CN1CCN(C(=O)c2cccc(N)c2)CC1. The number of hydrogen-bond acceptors (Lipinski definition) is 4. The van der Waals surface area contributed by atoms with Gasteiger partial charge in [0.15, 0.2) is 0 Å². The highest BCUT2D eigenvalue weighted by molar-refractivity contribution is 5.95. The van der Waals surface area contributed by atoms with Crippen molar-refractivity contribution >= 4 is 11.6 Å². The van der Waals surface area contributed by atoms with E-state index in [2.05, 4.69) is 4.90 Å². The molecule has 0 aliphatic carbocycles. The lowest BCUT2D eigenvalue weighted by molar-refractivity contribution is 0.0178. The molecule has 1 aromatic rings. The molecular formula is C15H23N3O2. The summed E-state index contributed by atoms with van der Waals surface area (Å²) < 4.78 is 0. The predicted molar refractivity (Wildman–Crippen MR) is 79.5 cm³/mol. The first-order valence-corrected chi connectivity index (χ1v) is 6.95. The molecule has 110 valence electrons. The molecule has 1 heterocycles. The van der Waals surface area contributed by atoms with Crippen molar-refractivity contribution in [2.75, 3.05) is 38.5 Å². The molecule has 1 aliphatic rings. The molecule has 2 rings (SSSR count). The minimum absolute atomic E-state index is 0.0280. The van der Waals surface area contributed by atoms with Crippen LogP contribution >= 0.6 is 0 Å². The zero-order valence-electron chi connectivity index (χ0n) is 12.2. The summed E-state index contributed by atoms with van der Waals surface area (Å²) in [6, 6.07) is 7.08. The van der Waals surface area contributed by atoms with E-state index in [4.69, 9.17) is 5.73 Å². The average molecular weight is 277 g/mol. The maximum atomic E-state index is 12.3. The Kier molecular flexibility index (Phi) is 4.30. The van der Waals surface area contributed by atoms with Crippen LogP contribution in [-0.4, -0.2) is 59.1 Å². The van der Waals surface area contributed by atoms with Gasteiger partial charge in [0.1, 0.15) is 0 Å². The molecule has 0 bridgehead atoms. The van der Waals surface area contributed by atoms with E-state index >= 15 is 0 Å². The number of nitrogens with zero attached hydrogens (tertiary/aromatic N) is 2.